The Balaban J connectivity index is 2.32. The Morgan fingerprint density at radius 3 is 2.50 bits per heavy atom. The highest BCUT2D eigenvalue weighted by molar-refractivity contribution is 5.74. The van der Waals surface area contributed by atoms with Crippen LogP contribution in [0.2, 0.25) is 0 Å². The minimum absolute atomic E-state index is 0.0132. The third kappa shape index (κ3) is 4.42. The van der Waals surface area contributed by atoms with Crippen LogP contribution in [0.15, 0.2) is 0 Å². The van der Waals surface area contributed by atoms with Gasteiger partial charge in [0.15, 0.2) is 0 Å². The van der Waals surface area contributed by atoms with E-state index in [1.165, 1.54) is 32.1 Å². The molecule has 3 nitrogen and oxygen atoms in total. The largest absolute Gasteiger partial charge is 0.338 e. The Morgan fingerprint density at radius 2 is 1.94 bits per heavy atom. The van der Waals surface area contributed by atoms with Crippen molar-refractivity contribution in [3.05, 3.63) is 0 Å². The summed E-state index contributed by atoms with van der Waals surface area (Å²) in [5.41, 5.74) is 0. The van der Waals surface area contributed by atoms with Crippen LogP contribution in [0, 0.1) is 5.92 Å². The predicted molar refractivity (Wildman–Crippen MR) is 67.5 cm³/mol. The highest BCUT2D eigenvalue weighted by atomic mass is 16.2. The van der Waals surface area contributed by atoms with Gasteiger partial charge in [-0.05, 0) is 31.6 Å². The van der Waals surface area contributed by atoms with E-state index in [9.17, 15) is 4.79 Å². The van der Waals surface area contributed by atoms with Gasteiger partial charge in [-0.15, -0.1) is 0 Å². The molecule has 0 radical (unpaired) electrons. The Bertz CT molecular complexity index is 200. The van der Waals surface area contributed by atoms with E-state index in [0.717, 1.165) is 19.4 Å². The van der Waals surface area contributed by atoms with E-state index in [-0.39, 0.29) is 6.03 Å². The predicted octanol–water partition coefficient (Wildman–Crippen LogP) is 3.05. The zero-order chi connectivity index (χ0) is 11.8. The maximum Gasteiger partial charge on any atom is 0.315 e. The van der Waals surface area contributed by atoms with Crippen LogP contribution in [-0.2, 0) is 0 Å². The lowest BCUT2D eigenvalue weighted by molar-refractivity contribution is 0.219. The van der Waals surface area contributed by atoms with E-state index in [0.29, 0.717) is 12.0 Å². The molecule has 0 aromatic rings. The average molecular weight is 226 g/mol. The smallest absolute Gasteiger partial charge is 0.315 e. The Morgan fingerprint density at radius 1 is 1.25 bits per heavy atom. The average Bonchev–Trinajstić information content (AvgIpc) is 2.34. The van der Waals surface area contributed by atoms with Gasteiger partial charge in [-0.1, -0.05) is 33.1 Å². The first kappa shape index (κ1) is 13.3. The van der Waals surface area contributed by atoms with Crippen molar-refractivity contribution >= 4 is 6.03 Å². The molecule has 1 fully saturated rings. The van der Waals surface area contributed by atoms with Gasteiger partial charge in [0.25, 0.3) is 0 Å². The number of rotatable bonds is 5. The van der Waals surface area contributed by atoms with Crippen LogP contribution in [0.3, 0.4) is 0 Å². The molecule has 1 saturated carbocycles. The van der Waals surface area contributed by atoms with Gasteiger partial charge < -0.3 is 10.6 Å². The van der Waals surface area contributed by atoms with Crippen molar-refractivity contribution in [2.45, 2.75) is 64.8 Å². The number of nitrogens with one attached hydrogen (secondary N) is 2. The molecule has 0 aromatic carbocycles. The molecule has 0 saturated heterocycles. The maximum atomic E-state index is 11.6. The normalized spacial score (nSPS) is 19.1. The molecule has 1 aliphatic rings. The van der Waals surface area contributed by atoms with E-state index < -0.39 is 0 Å². The summed E-state index contributed by atoms with van der Waals surface area (Å²) < 4.78 is 0. The molecule has 2 amide bonds. The fourth-order valence-corrected chi connectivity index (χ4v) is 2.55. The second-order valence-corrected chi connectivity index (χ2v) is 4.81. The van der Waals surface area contributed by atoms with E-state index >= 15 is 0 Å². The molecule has 0 aliphatic heterocycles. The second-order valence-electron chi connectivity index (χ2n) is 4.81. The molecule has 94 valence electrons. The van der Waals surface area contributed by atoms with Crippen molar-refractivity contribution < 1.29 is 4.79 Å². The molecule has 0 aromatic heterocycles. The Hall–Kier alpha value is -0.730. The minimum Gasteiger partial charge on any atom is -0.338 e. The number of carbonyl (C=O) groups is 1. The Kier molecular flexibility index (Phi) is 6.27. The molecule has 0 heterocycles. The third-order valence-electron chi connectivity index (χ3n) is 3.51. The summed E-state index contributed by atoms with van der Waals surface area (Å²) in [6.07, 6.45) is 8.64. The first-order valence-electron chi connectivity index (χ1n) is 6.82. The first-order valence-corrected chi connectivity index (χ1v) is 6.82. The van der Waals surface area contributed by atoms with Crippen LogP contribution >= 0.6 is 0 Å². The summed E-state index contributed by atoms with van der Waals surface area (Å²) >= 11 is 0. The minimum atomic E-state index is 0.0132. The maximum absolute atomic E-state index is 11.6. The van der Waals surface area contributed by atoms with Gasteiger partial charge in [0, 0.05) is 12.6 Å². The molecule has 1 rings (SSSR count). The number of hydrogen-bond acceptors (Lipinski definition) is 1. The van der Waals surface area contributed by atoms with E-state index in [4.69, 9.17) is 0 Å². The van der Waals surface area contributed by atoms with Gasteiger partial charge in [0.2, 0.25) is 0 Å². The molecule has 0 bridgehead atoms. The first-order chi connectivity index (χ1) is 7.77. The van der Waals surface area contributed by atoms with Crippen LogP contribution in [0.25, 0.3) is 0 Å². The molecule has 0 spiro atoms. The molecule has 1 unspecified atom stereocenters. The van der Waals surface area contributed by atoms with Gasteiger partial charge in [0.05, 0.1) is 0 Å². The third-order valence-corrected chi connectivity index (χ3v) is 3.51. The van der Waals surface area contributed by atoms with Crippen molar-refractivity contribution in [3.8, 4) is 0 Å². The lowest BCUT2D eigenvalue weighted by atomic mass is 9.83. The summed E-state index contributed by atoms with van der Waals surface area (Å²) in [4.78, 5) is 11.6. The van der Waals surface area contributed by atoms with Gasteiger partial charge >= 0.3 is 6.03 Å². The summed E-state index contributed by atoms with van der Waals surface area (Å²) in [5, 5.41) is 6.01. The number of amides is 2. The SMILES string of the molecule is CCCNC(=O)NC(CC)C1CCCCC1. The Labute approximate surface area is 99.4 Å². The lowest BCUT2D eigenvalue weighted by Gasteiger charge is -2.30. The summed E-state index contributed by atoms with van der Waals surface area (Å²) in [6.45, 7) is 5.00. The van der Waals surface area contributed by atoms with Gasteiger partial charge in [0.1, 0.15) is 0 Å². The highest BCUT2D eigenvalue weighted by Gasteiger charge is 2.23. The topological polar surface area (TPSA) is 41.1 Å². The number of hydrogen-bond donors (Lipinski definition) is 2. The zero-order valence-corrected chi connectivity index (χ0v) is 10.7. The monoisotopic (exact) mass is 226 g/mol. The molecule has 1 atom stereocenters. The van der Waals surface area contributed by atoms with Crippen molar-refractivity contribution in [1.82, 2.24) is 10.6 Å². The van der Waals surface area contributed by atoms with Crippen molar-refractivity contribution in [3.63, 3.8) is 0 Å². The molecule has 2 N–H and O–H groups in total. The van der Waals surface area contributed by atoms with Crippen LogP contribution in [0.5, 0.6) is 0 Å². The van der Waals surface area contributed by atoms with Crippen molar-refractivity contribution in [2.24, 2.45) is 5.92 Å². The van der Waals surface area contributed by atoms with Gasteiger partial charge in [-0.2, -0.15) is 0 Å². The number of urea groups is 1. The summed E-state index contributed by atoms with van der Waals surface area (Å²) in [5.74, 6) is 0.700. The molecule has 16 heavy (non-hydrogen) atoms. The molecular formula is C13H26N2O. The van der Waals surface area contributed by atoms with Gasteiger partial charge in [-0.25, -0.2) is 4.79 Å². The van der Waals surface area contributed by atoms with E-state index in [1.54, 1.807) is 0 Å². The fourth-order valence-electron chi connectivity index (χ4n) is 2.55. The second kappa shape index (κ2) is 7.53. The van der Waals surface area contributed by atoms with Crippen LogP contribution in [-0.4, -0.2) is 18.6 Å². The zero-order valence-electron chi connectivity index (χ0n) is 10.7. The molecule has 1 aliphatic carbocycles. The quantitative estimate of drug-likeness (QED) is 0.743. The highest BCUT2D eigenvalue weighted by Crippen LogP contribution is 2.27. The van der Waals surface area contributed by atoms with Crippen molar-refractivity contribution in [1.29, 1.82) is 0 Å². The van der Waals surface area contributed by atoms with Crippen molar-refractivity contribution in [2.75, 3.05) is 6.54 Å². The van der Waals surface area contributed by atoms with Crippen LogP contribution in [0.4, 0.5) is 4.79 Å². The standard InChI is InChI=1S/C13H26N2O/c1-3-10-14-13(16)15-12(4-2)11-8-6-5-7-9-11/h11-12H,3-10H2,1-2H3,(H2,14,15,16). The van der Waals surface area contributed by atoms with Crippen LogP contribution < -0.4 is 10.6 Å². The van der Waals surface area contributed by atoms with Gasteiger partial charge in [-0.3, -0.25) is 0 Å². The summed E-state index contributed by atoms with van der Waals surface area (Å²) in [6, 6.07) is 0.386. The van der Waals surface area contributed by atoms with Crippen LogP contribution in [0.1, 0.15) is 58.8 Å². The fraction of sp³-hybridized carbons (Fsp3) is 0.923. The van der Waals surface area contributed by atoms with E-state index in [1.807, 2.05) is 0 Å². The lowest BCUT2D eigenvalue weighted by Crippen LogP contribution is -2.45. The van der Waals surface area contributed by atoms with E-state index in [2.05, 4.69) is 24.5 Å². The summed E-state index contributed by atoms with van der Waals surface area (Å²) in [7, 11) is 0. The molecule has 3 heteroatoms. The number of carbonyl (C=O) groups excluding carboxylic acids is 1. The molecular weight excluding hydrogens is 200 g/mol.